The van der Waals surface area contributed by atoms with E-state index in [0.717, 1.165) is 45.0 Å². The van der Waals surface area contributed by atoms with Crippen molar-refractivity contribution < 1.29 is 0 Å². The highest BCUT2D eigenvalue weighted by molar-refractivity contribution is 7.20. The Balaban J connectivity index is 1.06. The quantitative estimate of drug-likeness (QED) is 0.0867. The van der Waals surface area contributed by atoms with Gasteiger partial charge in [0.1, 0.15) is 0 Å². The molecule has 12 rings (SSSR count). The van der Waals surface area contributed by atoms with E-state index in [4.69, 9.17) is 4.98 Å². The van der Waals surface area contributed by atoms with Crippen molar-refractivity contribution in [3.8, 4) is 44.8 Å². The first-order valence-electron chi connectivity index (χ1n) is 25.8. The summed E-state index contributed by atoms with van der Waals surface area (Å²) < 4.78 is 0. The molecule has 0 spiro atoms. The third kappa shape index (κ3) is 9.08. The van der Waals surface area contributed by atoms with Gasteiger partial charge in [0, 0.05) is 28.1 Å². The minimum absolute atomic E-state index is 0.889. The van der Waals surface area contributed by atoms with Crippen LogP contribution in [0.25, 0.3) is 44.8 Å². The molecule has 1 N–H and O–H groups in total. The molecule has 0 aliphatic rings. The fraction of sp³-hybridized carbons (Fsp3) is 0. The van der Waals surface area contributed by atoms with Gasteiger partial charge in [-0.05, 0) is 82.4 Å². The fourth-order valence-electron chi connectivity index (χ4n) is 11.3. The van der Waals surface area contributed by atoms with E-state index in [1.807, 2.05) is 0 Å². The molecule has 0 amide bonds. The zero-order valence-corrected chi connectivity index (χ0v) is 43.5. The average molecular weight is 991 g/mol. The van der Waals surface area contributed by atoms with Gasteiger partial charge in [0.2, 0.25) is 0 Å². The van der Waals surface area contributed by atoms with E-state index in [0.29, 0.717) is 0 Å². The van der Waals surface area contributed by atoms with Gasteiger partial charge in [-0.15, -0.1) is 0 Å². The summed E-state index contributed by atoms with van der Waals surface area (Å²) in [5.74, 6) is 0. The molecule has 0 bridgehead atoms. The molecule has 0 saturated carbocycles. The van der Waals surface area contributed by atoms with Gasteiger partial charge in [-0.3, -0.25) is 0 Å². The monoisotopic (exact) mass is 990 g/mol. The van der Waals surface area contributed by atoms with Crippen LogP contribution >= 0.6 is 0 Å². The van der Waals surface area contributed by atoms with E-state index >= 15 is 0 Å². The van der Waals surface area contributed by atoms with E-state index < -0.39 is 16.1 Å². The predicted octanol–water partition coefficient (Wildman–Crippen LogP) is 12.2. The lowest BCUT2D eigenvalue weighted by atomic mass is 9.98. The molecule has 1 heterocycles. The lowest BCUT2D eigenvalue weighted by molar-refractivity contribution is 1.32. The lowest BCUT2D eigenvalue weighted by Gasteiger charge is -2.34. The highest BCUT2D eigenvalue weighted by Gasteiger charge is 2.43. The van der Waals surface area contributed by atoms with E-state index in [2.05, 4.69) is 327 Å². The second kappa shape index (κ2) is 21.1. The topological polar surface area (TPSA) is 24.9 Å². The molecule has 2 nitrogen and oxygen atoms in total. The normalized spacial score (nSPS) is 11.5. The Kier molecular flexibility index (Phi) is 13.2. The molecule has 4 heteroatoms. The number of anilines is 2. The van der Waals surface area contributed by atoms with Gasteiger partial charge >= 0.3 is 0 Å². The predicted molar refractivity (Wildman–Crippen MR) is 323 cm³/mol. The highest BCUT2D eigenvalue weighted by atomic mass is 28.3. The molecule has 0 unspecified atom stereocenters. The van der Waals surface area contributed by atoms with Crippen LogP contribution in [0, 0.1) is 0 Å². The number of rotatable bonds is 14. The Labute approximate surface area is 443 Å². The summed E-state index contributed by atoms with van der Waals surface area (Å²) in [4.78, 5) is 5.71. The number of pyridine rings is 1. The summed E-state index contributed by atoms with van der Waals surface area (Å²) in [5, 5.41) is 14.5. The van der Waals surface area contributed by atoms with Gasteiger partial charge in [-0.1, -0.05) is 297 Å². The average Bonchev–Trinajstić information content (AvgIpc) is 3.50. The van der Waals surface area contributed by atoms with E-state index in [1.54, 1.807) is 0 Å². The number of nitrogens with one attached hydrogen (secondary N) is 1. The van der Waals surface area contributed by atoms with E-state index in [-0.39, 0.29) is 0 Å². The number of nitrogens with zero attached hydrogens (tertiary/aromatic N) is 1. The zero-order valence-electron chi connectivity index (χ0n) is 41.5. The number of benzene rings is 11. The van der Waals surface area contributed by atoms with Crippen LogP contribution in [0.1, 0.15) is 0 Å². The summed E-state index contributed by atoms with van der Waals surface area (Å²) in [7, 11) is -5.71. The molecular weight excluding hydrogens is 937 g/mol. The highest BCUT2D eigenvalue weighted by Crippen LogP contribution is 2.35. The van der Waals surface area contributed by atoms with E-state index in [9.17, 15) is 0 Å². The summed E-state index contributed by atoms with van der Waals surface area (Å²) in [5.41, 5.74) is 10.5. The summed E-state index contributed by atoms with van der Waals surface area (Å²) >= 11 is 0. The number of hydrogen-bond donors (Lipinski definition) is 1. The first kappa shape index (κ1) is 46.8. The van der Waals surface area contributed by atoms with Crippen LogP contribution in [0.3, 0.4) is 0 Å². The smallest absolute Gasteiger partial charge is 0.179 e. The SMILES string of the molecule is c1ccc(-c2cccc(-c3ccccc3Nc3cc(-c4cccc([Si](c5ccccc5)(c5ccccc5)c5ccccc5)c4)nc(-c4cccc([Si](c5ccccc5)(c5ccccc5)c5ccccc5)c4)c3)c2)cc1. The van der Waals surface area contributed by atoms with Crippen LogP contribution in [-0.2, 0) is 0 Å². The molecule has 0 aliphatic heterocycles. The molecule has 12 aromatic rings. The van der Waals surface area contributed by atoms with Crippen molar-refractivity contribution in [3.63, 3.8) is 0 Å². The molecule has 0 fully saturated rings. The Morgan fingerprint density at radius 3 is 0.947 bits per heavy atom. The number of hydrogen-bond acceptors (Lipinski definition) is 2. The van der Waals surface area contributed by atoms with Gasteiger partial charge in [0.15, 0.2) is 16.1 Å². The zero-order chi connectivity index (χ0) is 50.3. The maximum atomic E-state index is 5.71. The standard InChI is InChI=1S/C71H54N2Si2/c1-8-27-54(28-9-1)55-29-24-30-56(49-55)68-47-22-23-48-69(68)72-59-52-70(57-31-25-45-66(50-57)74(60-33-10-2-11-34-60,61-35-12-3-13-36-61)62-37-14-4-15-38-62)73-71(53-59)58-32-26-46-67(51-58)75(63-39-16-5-17-40-63,64-41-18-6-19-42-64)65-43-20-7-21-44-65/h1-53H,(H,72,73). The van der Waals surface area contributed by atoms with Crippen LogP contribution in [0.5, 0.6) is 0 Å². The Hall–Kier alpha value is -9.20. The molecule has 11 aromatic carbocycles. The minimum Gasteiger partial charge on any atom is -0.355 e. The minimum atomic E-state index is -2.85. The van der Waals surface area contributed by atoms with Crippen LogP contribution in [-0.4, -0.2) is 21.1 Å². The third-order valence-corrected chi connectivity index (χ3v) is 24.3. The molecule has 75 heavy (non-hydrogen) atoms. The summed E-state index contributed by atoms with van der Waals surface area (Å²) in [6.07, 6.45) is 0. The van der Waals surface area contributed by atoms with Crippen molar-refractivity contribution in [2.75, 3.05) is 5.32 Å². The Morgan fingerprint density at radius 1 is 0.227 bits per heavy atom. The second-order valence-corrected chi connectivity index (χ2v) is 26.7. The van der Waals surface area contributed by atoms with Gasteiger partial charge in [0.05, 0.1) is 11.4 Å². The maximum Gasteiger partial charge on any atom is 0.179 e. The van der Waals surface area contributed by atoms with Crippen molar-refractivity contribution in [2.45, 2.75) is 0 Å². The maximum absolute atomic E-state index is 5.71. The molecule has 356 valence electrons. The van der Waals surface area contributed by atoms with Gasteiger partial charge < -0.3 is 5.32 Å². The second-order valence-electron chi connectivity index (χ2n) is 19.1. The molecular formula is C71H54N2Si2. The fourth-order valence-corrected chi connectivity index (χ4v) is 20.9. The summed E-state index contributed by atoms with van der Waals surface area (Å²) in [6, 6.07) is 118. The number of aromatic nitrogens is 1. The Morgan fingerprint density at radius 2 is 0.533 bits per heavy atom. The van der Waals surface area contributed by atoms with Gasteiger partial charge in [0.25, 0.3) is 0 Å². The van der Waals surface area contributed by atoms with Crippen LogP contribution < -0.4 is 46.8 Å². The largest absolute Gasteiger partial charge is 0.355 e. The first-order chi connectivity index (χ1) is 37.2. The van der Waals surface area contributed by atoms with Crippen LogP contribution in [0.4, 0.5) is 11.4 Å². The van der Waals surface area contributed by atoms with Crippen molar-refractivity contribution in [1.29, 1.82) is 0 Å². The first-order valence-corrected chi connectivity index (χ1v) is 29.8. The van der Waals surface area contributed by atoms with Gasteiger partial charge in [-0.2, -0.15) is 0 Å². The number of para-hydroxylation sites is 1. The van der Waals surface area contributed by atoms with Crippen molar-refractivity contribution in [3.05, 3.63) is 322 Å². The third-order valence-electron chi connectivity index (χ3n) is 14.7. The molecule has 0 radical (unpaired) electrons. The van der Waals surface area contributed by atoms with Crippen molar-refractivity contribution in [2.24, 2.45) is 0 Å². The van der Waals surface area contributed by atoms with Crippen molar-refractivity contribution >= 4 is 69.0 Å². The molecule has 0 saturated heterocycles. The molecule has 0 aliphatic carbocycles. The molecule has 1 aromatic heterocycles. The lowest BCUT2D eigenvalue weighted by Crippen LogP contribution is -2.74. The Bertz CT molecular complexity index is 3450. The van der Waals surface area contributed by atoms with Crippen molar-refractivity contribution in [1.82, 2.24) is 4.98 Å². The van der Waals surface area contributed by atoms with Gasteiger partial charge in [-0.25, -0.2) is 4.98 Å². The van der Waals surface area contributed by atoms with Crippen LogP contribution in [0.2, 0.25) is 0 Å². The van der Waals surface area contributed by atoms with Crippen LogP contribution in [0.15, 0.2) is 322 Å². The summed E-state index contributed by atoms with van der Waals surface area (Å²) in [6.45, 7) is 0. The van der Waals surface area contributed by atoms with E-state index in [1.165, 1.54) is 52.6 Å². The molecule has 0 atom stereocenters.